The van der Waals surface area contributed by atoms with E-state index in [0.29, 0.717) is 5.71 Å². The van der Waals surface area contributed by atoms with E-state index < -0.39 is 8.07 Å². The fourth-order valence-electron chi connectivity index (χ4n) is 0.985. The van der Waals surface area contributed by atoms with Crippen LogP contribution in [0.15, 0.2) is 17.3 Å². The first-order valence-electron chi connectivity index (χ1n) is 4.24. The van der Waals surface area contributed by atoms with E-state index in [1.165, 1.54) is 4.50 Å². The summed E-state index contributed by atoms with van der Waals surface area (Å²) < 4.78 is 1.45. The van der Waals surface area contributed by atoms with Crippen molar-refractivity contribution in [2.24, 2.45) is 5.16 Å². The maximum absolute atomic E-state index is 8.61. The van der Waals surface area contributed by atoms with Crippen LogP contribution in [0.1, 0.15) is 11.8 Å². The van der Waals surface area contributed by atoms with Gasteiger partial charge >= 0.3 is 0 Å². The summed E-state index contributed by atoms with van der Waals surface area (Å²) in [5.74, 6) is 0. The van der Waals surface area contributed by atoms with Crippen LogP contribution in [-0.4, -0.2) is 19.0 Å². The zero-order valence-electron chi connectivity index (χ0n) is 8.46. The second kappa shape index (κ2) is 3.63. The number of oxime groups is 1. The molecule has 0 amide bonds. The van der Waals surface area contributed by atoms with Gasteiger partial charge in [-0.15, -0.1) is 11.3 Å². The summed E-state index contributed by atoms with van der Waals surface area (Å²) in [4.78, 5) is 1.07. The zero-order valence-corrected chi connectivity index (χ0v) is 10.3. The minimum atomic E-state index is -1.19. The number of rotatable bonds is 2. The molecule has 0 bridgehead atoms. The summed E-state index contributed by atoms with van der Waals surface area (Å²) in [7, 11) is -1.19. The molecule has 4 heteroatoms. The Kier molecular flexibility index (Phi) is 2.93. The van der Waals surface area contributed by atoms with Crippen molar-refractivity contribution in [3.8, 4) is 0 Å². The molecule has 1 N–H and O–H groups in total. The molecule has 1 aromatic rings. The van der Waals surface area contributed by atoms with Gasteiger partial charge in [0.05, 0.1) is 18.7 Å². The zero-order chi connectivity index (χ0) is 10.1. The SMILES string of the molecule is CC(=NO)c1ccc([Si](C)(C)C)s1. The Morgan fingerprint density at radius 2 is 2.00 bits per heavy atom. The normalized spacial score (nSPS) is 13.4. The van der Waals surface area contributed by atoms with Crippen molar-refractivity contribution in [2.45, 2.75) is 26.6 Å². The Hall–Kier alpha value is -0.613. The summed E-state index contributed by atoms with van der Waals surface area (Å²) >= 11 is 1.74. The number of hydrogen-bond acceptors (Lipinski definition) is 3. The van der Waals surface area contributed by atoms with Crippen LogP contribution in [0.4, 0.5) is 0 Å². The van der Waals surface area contributed by atoms with E-state index in [4.69, 9.17) is 5.21 Å². The lowest BCUT2D eigenvalue weighted by molar-refractivity contribution is 0.319. The Morgan fingerprint density at radius 1 is 1.38 bits per heavy atom. The summed E-state index contributed by atoms with van der Waals surface area (Å²) in [6.45, 7) is 8.76. The van der Waals surface area contributed by atoms with Gasteiger partial charge < -0.3 is 5.21 Å². The molecule has 0 spiro atoms. The van der Waals surface area contributed by atoms with Crippen molar-refractivity contribution in [3.05, 3.63) is 17.0 Å². The van der Waals surface area contributed by atoms with Gasteiger partial charge in [-0.25, -0.2) is 0 Å². The lowest BCUT2D eigenvalue weighted by Crippen LogP contribution is -2.34. The first-order chi connectivity index (χ1) is 5.95. The van der Waals surface area contributed by atoms with Crippen molar-refractivity contribution >= 4 is 29.6 Å². The van der Waals surface area contributed by atoms with Crippen LogP contribution in [0.3, 0.4) is 0 Å². The minimum Gasteiger partial charge on any atom is -0.411 e. The maximum Gasteiger partial charge on any atom is 0.0936 e. The molecule has 13 heavy (non-hydrogen) atoms. The third-order valence-electron chi connectivity index (χ3n) is 1.85. The van der Waals surface area contributed by atoms with Crippen molar-refractivity contribution in [3.63, 3.8) is 0 Å². The molecule has 2 nitrogen and oxygen atoms in total. The molecule has 0 unspecified atom stereocenters. The minimum absolute atomic E-state index is 0.703. The van der Waals surface area contributed by atoms with Gasteiger partial charge in [0.15, 0.2) is 0 Å². The van der Waals surface area contributed by atoms with Crippen molar-refractivity contribution in [1.29, 1.82) is 0 Å². The molecule has 0 radical (unpaired) electrons. The van der Waals surface area contributed by atoms with Crippen LogP contribution in [0, 0.1) is 0 Å². The summed E-state index contributed by atoms with van der Waals surface area (Å²) in [5.41, 5.74) is 0.703. The van der Waals surface area contributed by atoms with Gasteiger partial charge in [-0.1, -0.05) is 30.9 Å². The van der Waals surface area contributed by atoms with E-state index >= 15 is 0 Å². The van der Waals surface area contributed by atoms with Crippen LogP contribution in [0.5, 0.6) is 0 Å². The molecule has 0 aliphatic heterocycles. The predicted molar refractivity (Wildman–Crippen MR) is 61.3 cm³/mol. The Bertz CT molecular complexity index is 325. The van der Waals surface area contributed by atoms with E-state index in [1.807, 2.05) is 13.0 Å². The van der Waals surface area contributed by atoms with Crippen LogP contribution < -0.4 is 4.50 Å². The van der Waals surface area contributed by atoms with Gasteiger partial charge in [0.1, 0.15) is 0 Å². The molecule has 1 heterocycles. The molecule has 1 aromatic heterocycles. The second-order valence-electron chi connectivity index (χ2n) is 4.10. The molecule has 0 aromatic carbocycles. The molecule has 72 valence electrons. The lowest BCUT2D eigenvalue weighted by atomic mass is 10.3. The topological polar surface area (TPSA) is 32.6 Å². The van der Waals surface area contributed by atoms with Gasteiger partial charge in [-0.2, -0.15) is 0 Å². The fourth-order valence-corrected chi connectivity index (χ4v) is 3.82. The quantitative estimate of drug-likeness (QED) is 0.348. The standard InChI is InChI=1S/C9H15NOSSi/c1-7(10-11)8-5-6-9(12-8)13(2,3)4/h5-6,11H,1-4H3. The van der Waals surface area contributed by atoms with Gasteiger partial charge in [0, 0.05) is 0 Å². The summed E-state index contributed by atoms with van der Waals surface area (Å²) in [6, 6.07) is 4.19. The monoisotopic (exact) mass is 213 g/mol. The van der Waals surface area contributed by atoms with Gasteiger partial charge in [-0.3, -0.25) is 0 Å². The largest absolute Gasteiger partial charge is 0.411 e. The highest BCUT2D eigenvalue weighted by Gasteiger charge is 2.19. The van der Waals surface area contributed by atoms with Crippen LogP contribution in [-0.2, 0) is 0 Å². The highest BCUT2D eigenvalue weighted by atomic mass is 32.1. The van der Waals surface area contributed by atoms with Crippen molar-refractivity contribution in [2.75, 3.05) is 0 Å². The average Bonchev–Trinajstić information content (AvgIpc) is 2.50. The van der Waals surface area contributed by atoms with E-state index in [2.05, 4.69) is 30.9 Å². The molecule has 1 rings (SSSR count). The van der Waals surface area contributed by atoms with E-state index in [9.17, 15) is 0 Å². The maximum atomic E-state index is 8.61. The highest BCUT2D eigenvalue weighted by Crippen LogP contribution is 2.13. The van der Waals surface area contributed by atoms with Gasteiger partial charge in [-0.05, 0) is 17.5 Å². The molecule has 0 saturated heterocycles. The molecular formula is C9H15NOSSi. The first-order valence-corrected chi connectivity index (χ1v) is 8.56. The van der Waals surface area contributed by atoms with Crippen LogP contribution in [0.2, 0.25) is 19.6 Å². The predicted octanol–water partition coefficient (Wildman–Crippen LogP) is 2.49. The average molecular weight is 213 g/mol. The van der Waals surface area contributed by atoms with Gasteiger partial charge in [0.2, 0.25) is 0 Å². The van der Waals surface area contributed by atoms with Crippen LogP contribution in [0.25, 0.3) is 0 Å². The number of thiophene rings is 1. The Balaban J connectivity index is 3.00. The molecule has 0 aliphatic rings. The fraction of sp³-hybridized carbons (Fsp3) is 0.444. The summed E-state index contributed by atoms with van der Waals surface area (Å²) in [5, 5.41) is 11.8. The molecular weight excluding hydrogens is 198 g/mol. The van der Waals surface area contributed by atoms with Crippen molar-refractivity contribution in [1.82, 2.24) is 0 Å². The Morgan fingerprint density at radius 3 is 2.38 bits per heavy atom. The van der Waals surface area contributed by atoms with E-state index in [1.54, 1.807) is 11.3 Å². The summed E-state index contributed by atoms with van der Waals surface area (Å²) in [6.07, 6.45) is 0. The lowest BCUT2D eigenvalue weighted by Gasteiger charge is -2.12. The Labute approximate surface area is 83.9 Å². The molecule has 0 aliphatic carbocycles. The third-order valence-corrected chi connectivity index (χ3v) is 6.65. The third kappa shape index (κ3) is 2.41. The second-order valence-corrected chi connectivity index (χ2v) is 10.6. The van der Waals surface area contributed by atoms with Crippen molar-refractivity contribution < 1.29 is 5.21 Å². The highest BCUT2D eigenvalue weighted by molar-refractivity contribution is 7.27. The molecule has 0 saturated carbocycles. The smallest absolute Gasteiger partial charge is 0.0936 e. The van der Waals surface area contributed by atoms with Gasteiger partial charge in [0.25, 0.3) is 0 Å². The first kappa shape index (κ1) is 10.5. The molecule has 0 fully saturated rings. The number of hydrogen-bond donors (Lipinski definition) is 1. The van der Waals surface area contributed by atoms with Crippen LogP contribution >= 0.6 is 11.3 Å². The van der Waals surface area contributed by atoms with E-state index in [0.717, 1.165) is 4.88 Å². The number of nitrogens with zero attached hydrogens (tertiary/aromatic N) is 1. The molecule has 0 atom stereocenters. The van der Waals surface area contributed by atoms with E-state index in [-0.39, 0.29) is 0 Å².